The van der Waals surface area contributed by atoms with Gasteiger partial charge in [-0.15, -0.1) is 0 Å². The van der Waals surface area contributed by atoms with Gasteiger partial charge in [0.1, 0.15) is 0 Å². The number of hydrogen-bond acceptors (Lipinski definition) is 1. The molecule has 0 radical (unpaired) electrons. The van der Waals surface area contributed by atoms with Gasteiger partial charge >= 0.3 is 0 Å². The quantitative estimate of drug-likeness (QED) is 0.141. The lowest BCUT2D eigenvalue weighted by atomic mass is 9.87. The third-order valence-corrected chi connectivity index (χ3v) is 13.7. The Morgan fingerprint density at radius 3 is 1.28 bits per heavy atom. The highest BCUT2D eigenvalue weighted by molar-refractivity contribution is 6.18. The summed E-state index contributed by atoms with van der Waals surface area (Å²) in [6.45, 7) is 0. The van der Waals surface area contributed by atoms with Crippen LogP contribution in [0.15, 0.2) is 273 Å². The fourth-order valence-corrected chi connectivity index (χ4v) is 10.8. The van der Waals surface area contributed by atoms with Gasteiger partial charge in [0.15, 0.2) is 0 Å². The van der Waals surface area contributed by atoms with Crippen LogP contribution in [-0.2, 0) is 0 Å². The van der Waals surface area contributed by atoms with Crippen molar-refractivity contribution < 1.29 is 0 Å². The standard InChI is InChI=1S/C66H45N3/c1-5-22-46(23-6-1)52-30-13-14-31-55(52)64-53(47-24-7-2-8-25-47)34-19-38-60(64)69(63-41-21-40-62-66(63)57-33-16-18-37-59(57)68(62)50-28-11-4-12-29-50)51-44-42-48(43-45-51)54-35-20-39-61-65(54)56-32-15-17-36-58(56)67(61)49-26-9-3-10-27-49/h1-45H. The molecule has 0 N–H and O–H groups in total. The lowest BCUT2D eigenvalue weighted by Crippen LogP contribution is -2.12. The van der Waals surface area contributed by atoms with Crippen LogP contribution in [0.25, 0.3) is 99.5 Å². The van der Waals surface area contributed by atoms with Crippen LogP contribution in [0.4, 0.5) is 17.1 Å². The predicted octanol–water partition coefficient (Wildman–Crippen LogP) is 18.0. The summed E-state index contributed by atoms with van der Waals surface area (Å²) in [5.74, 6) is 0. The molecule has 0 aliphatic carbocycles. The van der Waals surface area contributed by atoms with Crippen molar-refractivity contribution in [3.8, 4) is 55.9 Å². The average molecular weight is 880 g/mol. The van der Waals surface area contributed by atoms with Crippen LogP contribution in [0, 0.1) is 0 Å². The average Bonchev–Trinajstić information content (AvgIpc) is 3.96. The Balaban J connectivity index is 1.09. The number of fused-ring (bicyclic) bond motifs is 6. The summed E-state index contributed by atoms with van der Waals surface area (Å²) in [6, 6.07) is 99.2. The number of benzene rings is 11. The largest absolute Gasteiger partial charge is 0.309 e. The fourth-order valence-electron chi connectivity index (χ4n) is 10.8. The maximum Gasteiger partial charge on any atom is 0.0562 e. The van der Waals surface area contributed by atoms with Crippen LogP contribution < -0.4 is 4.90 Å². The van der Waals surface area contributed by atoms with Crippen LogP contribution in [0.3, 0.4) is 0 Å². The lowest BCUT2D eigenvalue weighted by molar-refractivity contribution is 1.18. The van der Waals surface area contributed by atoms with Gasteiger partial charge in [0, 0.05) is 44.2 Å². The van der Waals surface area contributed by atoms with Gasteiger partial charge in [0.25, 0.3) is 0 Å². The van der Waals surface area contributed by atoms with Gasteiger partial charge in [-0.1, -0.05) is 200 Å². The van der Waals surface area contributed by atoms with Gasteiger partial charge in [-0.3, -0.25) is 0 Å². The van der Waals surface area contributed by atoms with Crippen molar-refractivity contribution in [2.75, 3.05) is 4.90 Å². The van der Waals surface area contributed by atoms with Crippen molar-refractivity contribution in [3.63, 3.8) is 0 Å². The SMILES string of the molecule is c1ccc(-c2ccccc2-c2c(-c3ccccc3)cccc2N(c2ccc(-c3cccc4c3c3ccccc3n4-c3ccccc3)cc2)c2cccc3c2c2ccccc2n3-c2ccccc2)cc1. The molecule has 0 fully saturated rings. The van der Waals surface area contributed by atoms with Gasteiger partial charge < -0.3 is 14.0 Å². The van der Waals surface area contributed by atoms with Crippen LogP contribution in [-0.4, -0.2) is 9.13 Å². The molecular weight excluding hydrogens is 835 g/mol. The highest BCUT2D eigenvalue weighted by Gasteiger charge is 2.26. The van der Waals surface area contributed by atoms with E-state index in [1.807, 2.05) is 0 Å². The van der Waals surface area contributed by atoms with E-state index in [9.17, 15) is 0 Å². The van der Waals surface area contributed by atoms with E-state index in [0.29, 0.717) is 0 Å². The molecule has 0 saturated carbocycles. The maximum absolute atomic E-state index is 2.51. The highest BCUT2D eigenvalue weighted by Crippen LogP contribution is 2.51. The van der Waals surface area contributed by atoms with Crippen LogP contribution in [0.5, 0.6) is 0 Å². The number of anilines is 3. The topological polar surface area (TPSA) is 13.1 Å². The summed E-state index contributed by atoms with van der Waals surface area (Å²) in [5, 5.41) is 4.86. The van der Waals surface area contributed by atoms with E-state index < -0.39 is 0 Å². The zero-order valence-corrected chi connectivity index (χ0v) is 37.8. The third-order valence-electron chi connectivity index (χ3n) is 13.7. The smallest absolute Gasteiger partial charge is 0.0562 e. The molecule has 324 valence electrons. The van der Waals surface area contributed by atoms with E-state index in [2.05, 4.69) is 287 Å². The molecule has 2 heterocycles. The molecule has 11 aromatic carbocycles. The van der Waals surface area contributed by atoms with Crippen molar-refractivity contribution in [2.45, 2.75) is 0 Å². The van der Waals surface area contributed by atoms with Gasteiger partial charge in [-0.25, -0.2) is 0 Å². The van der Waals surface area contributed by atoms with E-state index in [0.717, 1.165) is 56.2 Å². The van der Waals surface area contributed by atoms with Crippen LogP contribution in [0.1, 0.15) is 0 Å². The van der Waals surface area contributed by atoms with Gasteiger partial charge in [-0.05, 0) is 112 Å². The molecule has 0 unspecified atom stereocenters. The van der Waals surface area contributed by atoms with E-state index in [4.69, 9.17) is 0 Å². The summed E-state index contributed by atoms with van der Waals surface area (Å²) in [6.07, 6.45) is 0. The van der Waals surface area contributed by atoms with Crippen molar-refractivity contribution in [3.05, 3.63) is 273 Å². The number of hydrogen-bond donors (Lipinski definition) is 0. The number of aromatic nitrogens is 2. The summed E-state index contributed by atoms with van der Waals surface area (Å²) < 4.78 is 4.80. The van der Waals surface area contributed by atoms with Crippen LogP contribution >= 0.6 is 0 Å². The Labute approximate surface area is 401 Å². The molecular formula is C66H45N3. The zero-order valence-electron chi connectivity index (χ0n) is 37.8. The second kappa shape index (κ2) is 16.9. The van der Waals surface area contributed by atoms with Crippen molar-refractivity contribution in [1.29, 1.82) is 0 Å². The van der Waals surface area contributed by atoms with E-state index >= 15 is 0 Å². The number of para-hydroxylation sites is 4. The summed E-state index contributed by atoms with van der Waals surface area (Å²) in [7, 11) is 0. The molecule has 13 rings (SSSR count). The highest BCUT2D eigenvalue weighted by atomic mass is 15.2. The van der Waals surface area contributed by atoms with E-state index in [-0.39, 0.29) is 0 Å². The second-order valence-corrected chi connectivity index (χ2v) is 17.6. The zero-order chi connectivity index (χ0) is 45.7. The molecule has 0 aliphatic heterocycles. The summed E-state index contributed by atoms with van der Waals surface area (Å²) in [5.41, 5.74) is 19.6. The first kappa shape index (κ1) is 40.1. The Morgan fingerprint density at radius 1 is 0.246 bits per heavy atom. The minimum Gasteiger partial charge on any atom is -0.309 e. The molecule has 0 bridgehead atoms. The van der Waals surface area contributed by atoms with Crippen LogP contribution in [0.2, 0.25) is 0 Å². The maximum atomic E-state index is 2.51. The molecule has 0 spiro atoms. The first-order valence-corrected chi connectivity index (χ1v) is 23.7. The first-order chi connectivity index (χ1) is 34.3. The molecule has 0 aliphatic rings. The Hall–Kier alpha value is -9.18. The molecule has 0 atom stereocenters. The normalized spacial score (nSPS) is 11.5. The van der Waals surface area contributed by atoms with Gasteiger partial charge in [0.05, 0.1) is 33.4 Å². The molecule has 3 heteroatoms. The molecule has 13 aromatic rings. The minimum atomic E-state index is 1.06. The van der Waals surface area contributed by atoms with Crippen molar-refractivity contribution in [1.82, 2.24) is 9.13 Å². The lowest BCUT2D eigenvalue weighted by Gasteiger charge is -2.30. The molecule has 2 aromatic heterocycles. The number of rotatable bonds is 9. The Bertz CT molecular complexity index is 3980. The van der Waals surface area contributed by atoms with Crippen molar-refractivity contribution in [2.24, 2.45) is 0 Å². The van der Waals surface area contributed by atoms with Gasteiger partial charge in [0.2, 0.25) is 0 Å². The summed E-state index contributed by atoms with van der Waals surface area (Å²) >= 11 is 0. The molecule has 69 heavy (non-hydrogen) atoms. The van der Waals surface area contributed by atoms with E-state index in [1.165, 1.54) is 60.4 Å². The first-order valence-electron chi connectivity index (χ1n) is 23.7. The third kappa shape index (κ3) is 6.74. The molecule has 3 nitrogen and oxygen atoms in total. The van der Waals surface area contributed by atoms with Crippen molar-refractivity contribution >= 4 is 60.7 Å². The summed E-state index contributed by atoms with van der Waals surface area (Å²) in [4.78, 5) is 2.51. The number of nitrogens with zero attached hydrogens (tertiary/aromatic N) is 3. The fraction of sp³-hybridized carbons (Fsp3) is 0. The second-order valence-electron chi connectivity index (χ2n) is 17.6. The monoisotopic (exact) mass is 879 g/mol. The Morgan fingerprint density at radius 2 is 0.652 bits per heavy atom. The molecule has 0 amide bonds. The van der Waals surface area contributed by atoms with E-state index in [1.54, 1.807) is 0 Å². The molecule has 0 saturated heterocycles. The Kier molecular flexibility index (Phi) is 9.84. The minimum absolute atomic E-state index is 1.06. The predicted molar refractivity (Wildman–Crippen MR) is 292 cm³/mol. The van der Waals surface area contributed by atoms with Gasteiger partial charge in [-0.2, -0.15) is 0 Å².